The highest BCUT2D eigenvalue weighted by Gasteiger charge is 2.07. The van der Waals surface area contributed by atoms with Gasteiger partial charge in [-0.05, 0) is 42.2 Å². The van der Waals surface area contributed by atoms with Crippen molar-refractivity contribution in [1.29, 1.82) is 0 Å². The maximum absolute atomic E-state index is 12.1. The van der Waals surface area contributed by atoms with Gasteiger partial charge in [0.05, 0.1) is 12.0 Å². The third-order valence-electron chi connectivity index (χ3n) is 3.01. The molecule has 0 bridgehead atoms. The van der Waals surface area contributed by atoms with E-state index in [1.54, 1.807) is 12.5 Å². The van der Waals surface area contributed by atoms with Gasteiger partial charge in [0.2, 0.25) is 0 Å². The van der Waals surface area contributed by atoms with Gasteiger partial charge in [0, 0.05) is 24.5 Å². The lowest BCUT2D eigenvalue weighted by atomic mass is 10.1. The first kappa shape index (κ1) is 13.5. The van der Waals surface area contributed by atoms with E-state index in [4.69, 9.17) is 0 Å². The Morgan fingerprint density at radius 1 is 1.33 bits per heavy atom. The molecule has 0 saturated carbocycles. The summed E-state index contributed by atoms with van der Waals surface area (Å²) in [7, 11) is 0. The molecule has 0 spiro atoms. The van der Waals surface area contributed by atoms with E-state index in [2.05, 4.69) is 14.7 Å². The number of nitrogens with zero attached hydrogens (tertiary/aromatic N) is 3. The number of aryl methyl sites for hydroxylation is 1. The number of benzene rings is 1. The Bertz CT molecular complexity index is 731. The minimum atomic E-state index is -0.118. The van der Waals surface area contributed by atoms with Gasteiger partial charge in [-0.3, -0.25) is 4.79 Å². The number of hydrogen-bond acceptors (Lipinski definition) is 4. The van der Waals surface area contributed by atoms with Crippen LogP contribution in [0, 0.1) is 6.92 Å². The topological polar surface area (TPSA) is 59.8 Å². The van der Waals surface area contributed by atoms with Crippen LogP contribution >= 0.6 is 11.5 Å². The number of anilines is 1. The highest BCUT2D eigenvalue weighted by Crippen LogP contribution is 2.17. The molecule has 0 atom stereocenters. The van der Waals surface area contributed by atoms with Crippen LogP contribution < -0.4 is 5.32 Å². The lowest BCUT2D eigenvalue weighted by Gasteiger charge is -2.05. The van der Waals surface area contributed by atoms with Crippen molar-refractivity contribution in [2.75, 3.05) is 5.32 Å². The quantitative estimate of drug-likeness (QED) is 0.805. The Kier molecular flexibility index (Phi) is 3.79. The van der Waals surface area contributed by atoms with Crippen LogP contribution in [0.2, 0.25) is 0 Å². The van der Waals surface area contributed by atoms with E-state index in [-0.39, 0.29) is 5.91 Å². The number of imidazole rings is 1. The molecule has 6 heteroatoms. The number of aromatic nitrogens is 3. The standard InChI is InChI=1S/C15H14N4OS/c1-11-8-14(21-18-11)17-15(20)13-4-2-12(3-5-13)9-19-7-6-16-10-19/h2-8,10H,9H2,1H3,(H,17,20). The van der Waals surface area contributed by atoms with Gasteiger partial charge in [-0.1, -0.05) is 12.1 Å². The number of hydrogen-bond donors (Lipinski definition) is 1. The summed E-state index contributed by atoms with van der Waals surface area (Å²) in [6.07, 6.45) is 5.43. The van der Waals surface area contributed by atoms with Gasteiger partial charge < -0.3 is 9.88 Å². The van der Waals surface area contributed by atoms with Crippen molar-refractivity contribution in [3.05, 3.63) is 65.9 Å². The fourth-order valence-corrected chi connectivity index (χ4v) is 2.62. The second-order valence-electron chi connectivity index (χ2n) is 4.72. The summed E-state index contributed by atoms with van der Waals surface area (Å²) in [5.74, 6) is -0.118. The monoisotopic (exact) mass is 298 g/mol. The van der Waals surface area contributed by atoms with Crippen molar-refractivity contribution in [1.82, 2.24) is 13.9 Å². The lowest BCUT2D eigenvalue weighted by Crippen LogP contribution is -2.10. The molecule has 106 valence electrons. The first-order valence-corrected chi connectivity index (χ1v) is 7.27. The van der Waals surface area contributed by atoms with E-state index < -0.39 is 0 Å². The molecule has 0 aliphatic rings. The smallest absolute Gasteiger partial charge is 0.256 e. The van der Waals surface area contributed by atoms with Crippen LogP contribution in [-0.2, 0) is 6.54 Å². The Labute approximate surface area is 126 Å². The third kappa shape index (κ3) is 3.35. The van der Waals surface area contributed by atoms with Gasteiger partial charge >= 0.3 is 0 Å². The second kappa shape index (κ2) is 5.88. The summed E-state index contributed by atoms with van der Waals surface area (Å²) >= 11 is 1.29. The Morgan fingerprint density at radius 3 is 2.76 bits per heavy atom. The highest BCUT2D eigenvalue weighted by atomic mass is 32.1. The fourth-order valence-electron chi connectivity index (χ4n) is 1.96. The predicted molar refractivity (Wildman–Crippen MR) is 82.6 cm³/mol. The summed E-state index contributed by atoms with van der Waals surface area (Å²) in [5.41, 5.74) is 2.67. The average Bonchev–Trinajstić information content (AvgIpc) is 3.12. The van der Waals surface area contributed by atoms with E-state index in [0.717, 1.165) is 22.8 Å². The molecular formula is C15H14N4OS. The van der Waals surface area contributed by atoms with Crippen LogP contribution in [0.4, 0.5) is 5.00 Å². The first-order chi connectivity index (χ1) is 10.2. The van der Waals surface area contributed by atoms with Crippen LogP contribution in [0.1, 0.15) is 21.6 Å². The van der Waals surface area contributed by atoms with Gasteiger partial charge in [0.15, 0.2) is 0 Å². The van der Waals surface area contributed by atoms with Crippen molar-refractivity contribution in [2.24, 2.45) is 0 Å². The van der Waals surface area contributed by atoms with Crippen molar-refractivity contribution in [3.8, 4) is 0 Å². The normalized spacial score (nSPS) is 10.5. The number of amides is 1. The molecule has 1 amide bonds. The molecule has 1 N–H and O–H groups in total. The number of carbonyl (C=O) groups excluding carboxylic acids is 1. The molecular weight excluding hydrogens is 284 g/mol. The maximum atomic E-state index is 12.1. The maximum Gasteiger partial charge on any atom is 0.256 e. The molecule has 0 radical (unpaired) electrons. The fraction of sp³-hybridized carbons (Fsp3) is 0.133. The molecule has 0 unspecified atom stereocenters. The Hall–Kier alpha value is -2.47. The largest absolute Gasteiger partial charge is 0.333 e. The molecule has 2 aromatic heterocycles. The van der Waals surface area contributed by atoms with E-state index in [0.29, 0.717) is 5.56 Å². The zero-order valence-corrected chi connectivity index (χ0v) is 12.3. The van der Waals surface area contributed by atoms with E-state index >= 15 is 0 Å². The average molecular weight is 298 g/mol. The minimum absolute atomic E-state index is 0.118. The van der Waals surface area contributed by atoms with Gasteiger partial charge in [-0.25, -0.2) is 4.98 Å². The Balaban J connectivity index is 1.67. The van der Waals surface area contributed by atoms with E-state index in [9.17, 15) is 4.79 Å². The Morgan fingerprint density at radius 2 is 2.14 bits per heavy atom. The molecule has 0 aliphatic carbocycles. The predicted octanol–water partition coefficient (Wildman–Crippen LogP) is 2.95. The van der Waals surface area contributed by atoms with Gasteiger partial charge in [0.1, 0.15) is 5.00 Å². The molecule has 1 aromatic carbocycles. The zero-order valence-electron chi connectivity index (χ0n) is 11.5. The van der Waals surface area contributed by atoms with E-state index in [1.807, 2.05) is 48.0 Å². The molecule has 0 fully saturated rings. The van der Waals surface area contributed by atoms with Crippen LogP contribution in [-0.4, -0.2) is 19.8 Å². The summed E-state index contributed by atoms with van der Waals surface area (Å²) in [5, 5.41) is 3.61. The number of carbonyl (C=O) groups is 1. The van der Waals surface area contributed by atoms with Gasteiger partial charge in [0.25, 0.3) is 5.91 Å². The summed E-state index contributed by atoms with van der Waals surface area (Å²) in [6, 6.07) is 9.42. The first-order valence-electron chi connectivity index (χ1n) is 6.50. The van der Waals surface area contributed by atoms with E-state index in [1.165, 1.54) is 11.5 Å². The van der Waals surface area contributed by atoms with Crippen molar-refractivity contribution < 1.29 is 4.79 Å². The molecule has 0 saturated heterocycles. The highest BCUT2D eigenvalue weighted by molar-refractivity contribution is 7.10. The summed E-state index contributed by atoms with van der Waals surface area (Å²) in [6.45, 7) is 2.65. The molecule has 21 heavy (non-hydrogen) atoms. The third-order valence-corrected chi connectivity index (χ3v) is 3.80. The van der Waals surface area contributed by atoms with Crippen LogP contribution in [0.3, 0.4) is 0 Å². The SMILES string of the molecule is Cc1cc(NC(=O)c2ccc(Cn3ccnc3)cc2)sn1. The molecule has 2 heterocycles. The van der Waals surface area contributed by atoms with Crippen molar-refractivity contribution in [3.63, 3.8) is 0 Å². The molecule has 0 aliphatic heterocycles. The molecule has 3 aromatic rings. The summed E-state index contributed by atoms with van der Waals surface area (Å²) < 4.78 is 6.12. The summed E-state index contributed by atoms with van der Waals surface area (Å²) in [4.78, 5) is 16.1. The van der Waals surface area contributed by atoms with Crippen LogP contribution in [0.15, 0.2) is 49.1 Å². The zero-order chi connectivity index (χ0) is 14.7. The lowest BCUT2D eigenvalue weighted by molar-refractivity contribution is 0.102. The molecule has 5 nitrogen and oxygen atoms in total. The number of rotatable bonds is 4. The number of nitrogens with one attached hydrogen (secondary N) is 1. The molecule has 3 rings (SSSR count). The van der Waals surface area contributed by atoms with Crippen LogP contribution in [0.5, 0.6) is 0 Å². The van der Waals surface area contributed by atoms with Gasteiger partial charge in [-0.15, -0.1) is 0 Å². The van der Waals surface area contributed by atoms with Gasteiger partial charge in [-0.2, -0.15) is 4.37 Å². The van der Waals surface area contributed by atoms with Crippen molar-refractivity contribution >= 4 is 22.4 Å². The van der Waals surface area contributed by atoms with Crippen LogP contribution in [0.25, 0.3) is 0 Å². The second-order valence-corrected chi connectivity index (χ2v) is 5.52. The van der Waals surface area contributed by atoms with Crippen molar-refractivity contribution in [2.45, 2.75) is 13.5 Å². The minimum Gasteiger partial charge on any atom is -0.333 e.